The SMILES string of the molecule is NC(=O)c1ccc(-c2c(C(F)(F)F)nn(-c3ncccc3Cl)c2C(N)=O)cc1. The molecule has 0 unspecified atom stereocenters. The fourth-order valence-corrected chi connectivity index (χ4v) is 2.81. The molecule has 0 atom stereocenters. The van der Waals surface area contributed by atoms with Gasteiger partial charge in [0.15, 0.2) is 11.5 Å². The van der Waals surface area contributed by atoms with E-state index in [-0.39, 0.29) is 22.0 Å². The number of amides is 2. The van der Waals surface area contributed by atoms with Crippen molar-refractivity contribution in [3.05, 3.63) is 64.6 Å². The predicted octanol–water partition coefficient (Wildman–Crippen LogP) is 2.80. The third-order valence-corrected chi connectivity index (χ3v) is 4.08. The first kappa shape index (κ1) is 19.4. The molecule has 2 heterocycles. The summed E-state index contributed by atoms with van der Waals surface area (Å²) in [6.07, 6.45) is -3.63. The van der Waals surface area contributed by atoms with Gasteiger partial charge in [-0.2, -0.15) is 18.3 Å². The lowest BCUT2D eigenvalue weighted by molar-refractivity contribution is -0.140. The number of benzene rings is 1. The zero-order valence-electron chi connectivity index (χ0n) is 13.9. The summed E-state index contributed by atoms with van der Waals surface area (Å²) < 4.78 is 41.6. The summed E-state index contributed by atoms with van der Waals surface area (Å²) in [6.45, 7) is 0. The van der Waals surface area contributed by atoms with Crippen molar-refractivity contribution in [1.82, 2.24) is 14.8 Å². The topological polar surface area (TPSA) is 117 Å². The van der Waals surface area contributed by atoms with Crippen molar-refractivity contribution in [2.45, 2.75) is 6.18 Å². The smallest absolute Gasteiger partial charge is 0.366 e. The zero-order valence-corrected chi connectivity index (χ0v) is 14.6. The van der Waals surface area contributed by atoms with E-state index in [9.17, 15) is 22.8 Å². The summed E-state index contributed by atoms with van der Waals surface area (Å²) in [7, 11) is 0. The average Bonchev–Trinajstić information content (AvgIpc) is 3.03. The Bertz CT molecular complexity index is 1080. The molecule has 3 aromatic rings. The number of nitrogens with two attached hydrogens (primary N) is 2. The lowest BCUT2D eigenvalue weighted by Gasteiger charge is -2.09. The molecule has 0 saturated carbocycles. The van der Waals surface area contributed by atoms with Gasteiger partial charge in [0.2, 0.25) is 5.91 Å². The Morgan fingerprint density at radius 3 is 2.18 bits per heavy atom. The molecule has 0 radical (unpaired) electrons. The summed E-state index contributed by atoms with van der Waals surface area (Å²) in [4.78, 5) is 27.2. The van der Waals surface area contributed by atoms with Crippen LogP contribution in [0.3, 0.4) is 0 Å². The number of nitrogens with zero attached hydrogens (tertiary/aromatic N) is 3. The molecule has 1 aromatic carbocycles. The third kappa shape index (κ3) is 3.41. The van der Waals surface area contributed by atoms with E-state index >= 15 is 0 Å². The van der Waals surface area contributed by atoms with Gasteiger partial charge in [-0.1, -0.05) is 23.7 Å². The summed E-state index contributed by atoms with van der Waals surface area (Å²) in [6, 6.07) is 7.73. The first-order chi connectivity index (χ1) is 13.1. The molecule has 0 aliphatic rings. The molecule has 0 fully saturated rings. The van der Waals surface area contributed by atoms with E-state index < -0.39 is 34.9 Å². The van der Waals surface area contributed by atoms with Crippen LogP contribution in [-0.4, -0.2) is 26.6 Å². The number of primary amides is 2. The van der Waals surface area contributed by atoms with Gasteiger partial charge in [0.05, 0.1) is 5.02 Å². The Hall–Kier alpha value is -3.40. The van der Waals surface area contributed by atoms with Crippen LogP contribution < -0.4 is 11.5 Å². The van der Waals surface area contributed by atoms with E-state index in [0.717, 1.165) is 0 Å². The number of hydrogen-bond acceptors (Lipinski definition) is 4. The zero-order chi connectivity index (χ0) is 20.6. The maximum atomic E-state index is 13.7. The lowest BCUT2D eigenvalue weighted by Crippen LogP contribution is -2.18. The van der Waals surface area contributed by atoms with Crippen LogP contribution in [0.4, 0.5) is 13.2 Å². The van der Waals surface area contributed by atoms with Crippen molar-refractivity contribution < 1.29 is 22.8 Å². The monoisotopic (exact) mass is 409 g/mol. The highest BCUT2D eigenvalue weighted by Crippen LogP contribution is 2.39. The third-order valence-electron chi connectivity index (χ3n) is 3.79. The molecule has 0 spiro atoms. The number of rotatable bonds is 4. The van der Waals surface area contributed by atoms with Gasteiger partial charge >= 0.3 is 6.18 Å². The summed E-state index contributed by atoms with van der Waals surface area (Å²) in [5.41, 5.74) is 8.09. The van der Waals surface area contributed by atoms with Gasteiger partial charge in [-0.3, -0.25) is 9.59 Å². The summed E-state index contributed by atoms with van der Waals surface area (Å²) >= 11 is 6.00. The van der Waals surface area contributed by atoms with Crippen molar-refractivity contribution in [2.75, 3.05) is 0 Å². The molecule has 0 saturated heterocycles. The van der Waals surface area contributed by atoms with E-state index in [1.165, 1.54) is 42.6 Å². The molecular weight excluding hydrogens is 399 g/mol. The number of hydrogen-bond donors (Lipinski definition) is 2. The normalized spacial score (nSPS) is 11.4. The standard InChI is InChI=1S/C17H11ClF3N5O2/c18-10-2-1-7-24-16(10)26-12(15(23)28)11(13(25-26)17(19,20)21)8-3-5-9(6-4-8)14(22)27/h1-7H,(H2,22,27)(H2,23,28). The molecular formula is C17H11ClF3N5O2. The van der Waals surface area contributed by atoms with Crippen molar-refractivity contribution in [1.29, 1.82) is 0 Å². The highest BCUT2D eigenvalue weighted by Gasteiger charge is 2.41. The summed E-state index contributed by atoms with van der Waals surface area (Å²) in [5, 5.41) is 3.49. The van der Waals surface area contributed by atoms with Crippen molar-refractivity contribution in [2.24, 2.45) is 11.5 Å². The van der Waals surface area contributed by atoms with Crippen LogP contribution in [0.25, 0.3) is 16.9 Å². The first-order valence-electron chi connectivity index (χ1n) is 7.62. The van der Waals surface area contributed by atoms with Crippen LogP contribution in [0.1, 0.15) is 26.5 Å². The van der Waals surface area contributed by atoms with Gasteiger partial charge in [-0.15, -0.1) is 0 Å². The second kappa shape index (κ2) is 6.97. The Morgan fingerprint density at radius 2 is 1.68 bits per heavy atom. The molecule has 0 aliphatic heterocycles. The van der Waals surface area contributed by atoms with Crippen molar-refractivity contribution in [3.63, 3.8) is 0 Å². The number of alkyl halides is 3. The van der Waals surface area contributed by atoms with Crippen LogP contribution in [0.2, 0.25) is 5.02 Å². The van der Waals surface area contributed by atoms with Gasteiger partial charge in [0, 0.05) is 17.3 Å². The van der Waals surface area contributed by atoms with Crippen LogP contribution in [0.5, 0.6) is 0 Å². The van der Waals surface area contributed by atoms with Crippen LogP contribution in [0, 0.1) is 0 Å². The Labute approximate surface area is 160 Å². The van der Waals surface area contributed by atoms with Gasteiger partial charge < -0.3 is 11.5 Å². The number of halogens is 4. The fraction of sp³-hybridized carbons (Fsp3) is 0.0588. The highest BCUT2D eigenvalue weighted by molar-refractivity contribution is 6.32. The number of carbonyl (C=O) groups is 2. The van der Waals surface area contributed by atoms with Gasteiger partial charge in [0.1, 0.15) is 5.69 Å². The quantitative estimate of drug-likeness (QED) is 0.689. The van der Waals surface area contributed by atoms with E-state index in [2.05, 4.69) is 10.1 Å². The van der Waals surface area contributed by atoms with Crippen LogP contribution in [0.15, 0.2) is 42.6 Å². The highest BCUT2D eigenvalue weighted by atomic mass is 35.5. The Morgan fingerprint density at radius 1 is 1.04 bits per heavy atom. The molecule has 4 N–H and O–H groups in total. The Kier molecular flexibility index (Phi) is 4.82. The average molecular weight is 410 g/mol. The van der Waals surface area contributed by atoms with E-state index in [1.807, 2.05) is 0 Å². The minimum atomic E-state index is -4.91. The van der Waals surface area contributed by atoms with E-state index in [1.54, 1.807) is 0 Å². The van der Waals surface area contributed by atoms with E-state index in [4.69, 9.17) is 23.1 Å². The van der Waals surface area contributed by atoms with Crippen molar-refractivity contribution in [3.8, 4) is 16.9 Å². The largest absolute Gasteiger partial charge is 0.435 e. The molecule has 11 heteroatoms. The van der Waals surface area contributed by atoms with Crippen LogP contribution in [-0.2, 0) is 6.18 Å². The van der Waals surface area contributed by atoms with Gasteiger partial charge in [-0.05, 0) is 29.8 Å². The molecule has 2 amide bonds. The number of aromatic nitrogens is 3. The van der Waals surface area contributed by atoms with Gasteiger partial charge in [0.25, 0.3) is 5.91 Å². The molecule has 7 nitrogen and oxygen atoms in total. The Balaban J connectivity index is 2.36. The molecule has 0 aliphatic carbocycles. The molecule has 144 valence electrons. The number of pyridine rings is 1. The minimum absolute atomic E-state index is 0.0307. The molecule has 0 bridgehead atoms. The first-order valence-corrected chi connectivity index (χ1v) is 8.00. The fourth-order valence-electron chi connectivity index (χ4n) is 2.61. The molecule has 2 aromatic heterocycles. The second-order valence-electron chi connectivity index (χ2n) is 5.60. The molecule has 3 rings (SSSR count). The van der Waals surface area contributed by atoms with E-state index in [0.29, 0.717) is 4.68 Å². The maximum Gasteiger partial charge on any atom is 0.435 e. The molecule has 28 heavy (non-hydrogen) atoms. The minimum Gasteiger partial charge on any atom is -0.366 e. The van der Waals surface area contributed by atoms with Crippen molar-refractivity contribution >= 4 is 23.4 Å². The lowest BCUT2D eigenvalue weighted by atomic mass is 10.0. The van der Waals surface area contributed by atoms with Gasteiger partial charge in [-0.25, -0.2) is 9.67 Å². The summed E-state index contributed by atoms with van der Waals surface area (Å²) in [5.74, 6) is -2.11. The maximum absolute atomic E-state index is 13.7. The predicted molar refractivity (Wildman–Crippen MR) is 93.8 cm³/mol. The van der Waals surface area contributed by atoms with Crippen LogP contribution >= 0.6 is 11.6 Å². The number of carbonyl (C=O) groups excluding carboxylic acids is 2. The second-order valence-corrected chi connectivity index (χ2v) is 6.00.